The molecule has 1 aromatic carbocycles. The van der Waals surface area contributed by atoms with E-state index in [9.17, 15) is 4.79 Å². The Morgan fingerprint density at radius 1 is 1.26 bits per heavy atom. The normalized spacial score (nSPS) is 23.3. The van der Waals surface area contributed by atoms with Crippen molar-refractivity contribution in [1.82, 2.24) is 10.2 Å². The molecule has 0 aliphatic carbocycles. The van der Waals surface area contributed by atoms with Gasteiger partial charge in [-0.2, -0.15) is 0 Å². The van der Waals surface area contributed by atoms with Crippen LogP contribution in [0.5, 0.6) is 5.75 Å². The van der Waals surface area contributed by atoms with E-state index in [4.69, 9.17) is 16.3 Å². The molecular weight excluding hydrogens is 409 g/mol. The Bertz CT molecular complexity index is 604. The van der Waals surface area contributed by atoms with Crippen LogP contribution in [0, 0.1) is 5.92 Å². The van der Waals surface area contributed by atoms with E-state index >= 15 is 0 Å². The van der Waals surface area contributed by atoms with Crippen LogP contribution in [0.2, 0.25) is 5.02 Å². The molecule has 2 saturated heterocycles. The maximum Gasteiger partial charge on any atom is 0.224 e. The second-order valence-corrected chi connectivity index (χ2v) is 7.93. The third-order valence-electron chi connectivity index (χ3n) is 5.06. The van der Waals surface area contributed by atoms with Gasteiger partial charge in [0.2, 0.25) is 5.91 Å². The summed E-state index contributed by atoms with van der Waals surface area (Å²) in [6.45, 7) is 1.41. The number of carbonyl (C=O) groups is 1. The molecule has 27 heavy (non-hydrogen) atoms. The van der Waals surface area contributed by atoms with Crippen LogP contribution in [0.25, 0.3) is 0 Å². The first-order chi connectivity index (χ1) is 12.0. The third-order valence-corrected chi connectivity index (χ3v) is 5.35. The third kappa shape index (κ3) is 7.31. The summed E-state index contributed by atoms with van der Waals surface area (Å²) in [5, 5.41) is 7.11. The van der Waals surface area contributed by atoms with Crippen molar-refractivity contribution < 1.29 is 9.53 Å². The Balaban J connectivity index is 0.00000182. The van der Waals surface area contributed by atoms with Gasteiger partial charge in [0.05, 0.1) is 5.02 Å². The number of nitrogens with zero attached hydrogens (tertiary/aromatic N) is 1. The summed E-state index contributed by atoms with van der Waals surface area (Å²) in [4.78, 5) is 14.4. The van der Waals surface area contributed by atoms with E-state index < -0.39 is 0 Å². The van der Waals surface area contributed by atoms with Crippen LogP contribution < -0.4 is 15.4 Å². The van der Waals surface area contributed by atoms with Crippen LogP contribution >= 0.6 is 36.4 Å². The molecule has 1 aromatic rings. The molecule has 2 bridgehead atoms. The zero-order chi connectivity index (χ0) is 17.8. The fourth-order valence-corrected chi connectivity index (χ4v) is 4.08. The smallest absolute Gasteiger partial charge is 0.224 e. The van der Waals surface area contributed by atoms with Gasteiger partial charge in [-0.25, -0.2) is 0 Å². The predicted molar refractivity (Wildman–Crippen MR) is 116 cm³/mol. The number of carbonyl (C=O) groups excluding carboxylic acids is 1. The Morgan fingerprint density at radius 2 is 1.93 bits per heavy atom. The first-order valence-electron chi connectivity index (χ1n) is 9.12. The lowest BCUT2D eigenvalue weighted by atomic mass is 9.89. The van der Waals surface area contributed by atoms with Crippen LogP contribution in [0.4, 0.5) is 5.69 Å². The number of hydrogen-bond donors (Lipinski definition) is 2. The van der Waals surface area contributed by atoms with Crippen LogP contribution in [0.1, 0.15) is 32.1 Å². The quantitative estimate of drug-likeness (QED) is 0.676. The van der Waals surface area contributed by atoms with Gasteiger partial charge in [0.1, 0.15) is 12.4 Å². The molecule has 2 aliphatic heterocycles. The highest BCUT2D eigenvalue weighted by atomic mass is 35.5. The van der Waals surface area contributed by atoms with E-state index in [2.05, 4.69) is 15.5 Å². The van der Waals surface area contributed by atoms with Crippen LogP contribution in [0.3, 0.4) is 0 Å². The second kappa shape index (κ2) is 11.3. The number of nitrogens with one attached hydrogen (secondary N) is 2. The molecule has 2 heterocycles. The average Bonchev–Trinajstić information content (AvgIpc) is 2.88. The summed E-state index contributed by atoms with van der Waals surface area (Å²) in [5.41, 5.74) is 0.729. The number of amides is 1. The summed E-state index contributed by atoms with van der Waals surface area (Å²) in [7, 11) is 3.99. The number of piperidine rings is 1. The summed E-state index contributed by atoms with van der Waals surface area (Å²) in [6.07, 6.45) is 5.33. The van der Waals surface area contributed by atoms with E-state index in [1.54, 1.807) is 6.07 Å². The van der Waals surface area contributed by atoms with E-state index in [-0.39, 0.29) is 30.7 Å². The summed E-state index contributed by atoms with van der Waals surface area (Å²) >= 11 is 6.27. The van der Waals surface area contributed by atoms with Gasteiger partial charge in [-0.15, -0.1) is 24.8 Å². The van der Waals surface area contributed by atoms with Crippen molar-refractivity contribution in [3.63, 3.8) is 0 Å². The summed E-state index contributed by atoms with van der Waals surface area (Å²) < 4.78 is 5.67. The summed E-state index contributed by atoms with van der Waals surface area (Å²) in [6, 6.07) is 6.66. The second-order valence-electron chi connectivity index (χ2n) is 7.52. The molecule has 2 unspecified atom stereocenters. The predicted octanol–water partition coefficient (Wildman–Crippen LogP) is 3.98. The minimum absolute atomic E-state index is 0. The van der Waals surface area contributed by atoms with Crippen molar-refractivity contribution in [3.05, 3.63) is 23.2 Å². The molecule has 2 atom stereocenters. The number of anilines is 1. The van der Waals surface area contributed by atoms with Gasteiger partial charge in [0, 0.05) is 30.7 Å². The molecule has 3 rings (SSSR count). The fourth-order valence-electron chi connectivity index (χ4n) is 3.85. The van der Waals surface area contributed by atoms with Gasteiger partial charge < -0.3 is 20.3 Å². The number of rotatable bonds is 7. The standard InChI is InChI=1S/C19H28ClN3O2.2ClH/c1-23(2)7-8-25-18-6-5-16(12-17(18)20)22-19(24)11-13-9-14-3-4-15(10-13)21-14;;/h5-6,12-15,21H,3-4,7-11H2,1-2H3,(H,22,24);2*1H. The average molecular weight is 439 g/mol. The van der Waals surface area contributed by atoms with Crippen molar-refractivity contribution in [3.8, 4) is 5.75 Å². The molecule has 0 radical (unpaired) electrons. The Hall–Kier alpha value is -0.720. The number of ether oxygens (including phenoxy) is 1. The molecule has 2 fully saturated rings. The molecule has 0 aromatic heterocycles. The number of benzene rings is 1. The number of halogens is 3. The van der Waals surface area contributed by atoms with Crippen molar-refractivity contribution >= 4 is 48.0 Å². The molecule has 1 amide bonds. The molecule has 154 valence electrons. The van der Waals surface area contributed by atoms with Crippen molar-refractivity contribution in [2.75, 3.05) is 32.6 Å². The largest absolute Gasteiger partial charge is 0.491 e. The lowest BCUT2D eigenvalue weighted by Gasteiger charge is -2.28. The van der Waals surface area contributed by atoms with Gasteiger partial charge >= 0.3 is 0 Å². The zero-order valence-corrected chi connectivity index (χ0v) is 18.3. The number of likely N-dealkylation sites (N-methyl/N-ethyl adjacent to an activating group) is 1. The Kier molecular flexibility index (Phi) is 10.2. The monoisotopic (exact) mass is 437 g/mol. The molecule has 0 spiro atoms. The van der Waals surface area contributed by atoms with Gasteiger partial charge in [0.15, 0.2) is 0 Å². The van der Waals surface area contributed by atoms with Gasteiger partial charge in [0.25, 0.3) is 0 Å². The van der Waals surface area contributed by atoms with E-state index in [0.717, 1.165) is 25.1 Å². The van der Waals surface area contributed by atoms with E-state index in [1.807, 2.05) is 26.2 Å². The number of hydrogen-bond acceptors (Lipinski definition) is 4. The van der Waals surface area contributed by atoms with Gasteiger partial charge in [-0.05, 0) is 63.9 Å². The lowest BCUT2D eigenvalue weighted by molar-refractivity contribution is -0.117. The molecule has 8 heteroatoms. The van der Waals surface area contributed by atoms with E-state index in [1.165, 1.54) is 12.8 Å². The fraction of sp³-hybridized carbons (Fsp3) is 0.632. The maximum atomic E-state index is 12.3. The van der Waals surface area contributed by atoms with Crippen molar-refractivity contribution in [2.45, 2.75) is 44.2 Å². The molecule has 2 aliphatic rings. The van der Waals surface area contributed by atoms with Gasteiger partial charge in [-0.1, -0.05) is 11.6 Å². The first-order valence-corrected chi connectivity index (χ1v) is 9.50. The van der Waals surface area contributed by atoms with Crippen LogP contribution in [-0.4, -0.2) is 50.1 Å². The Morgan fingerprint density at radius 3 is 2.52 bits per heavy atom. The maximum absolute atomic E-state index is 12.3. The lowest BCUT2D eigenvalue weighted by Crippen LogP contribution is -2.39. The first kappa shape index (κ1) is 24.3. The highest BCUT2D eigenvalue weighted by molar-refractivity contribution is 6.32. The molecule has 2 N–H and O–H groups in total. The summed E-state index contributed by atoms with van der Waals surface area (Å²) in [5.74, 6) is 1.21. The SMILES string of the molecule is CN(C)CCOc1ccc(NC(=O)CC2CC3CCC(C2)N3)cc1Cl.Cl.Cl. The molecular formula is C19H30Cl3N3O2. The minimum atomic E-state index is 0. The Labute approximate surface area is 179 Å². The molecule has 5 nitrogen and oxygen atoms in total. The van der Waals surface area contributed by atoms with Crippen LogP contribution in [-0.2, 0) is 4.79 Å². The van der Waals surface area contributed by atoms with Crippen molar-refractivity contribution in [1.29, 1.82) is 0 Å². The van der Waals surface area contributed by atoms with Crippen molar-refractivity contribution in [2.24, 2.45) is 5.92 Å². The zero-order valence-electron chi connectivity index (χ0n) is 15.9. The highest BCUT2D eigenvalue weighted by Crippen LogP contribution is 2.33. The number of fused-ring (bicyclic) bond motifs is 2. The highest BCUT2D eigenvalue weighted by Gasteiger charge is 2.34. The van der Waals surface area contributed by atoms with Gasteiger partial charge in [-0.3, -0.25) is 4.79 Å². The topological polar surface area (TPSA) is 53.6 Å². The minimum Gasteiger partial charge on any atom is -0.491 e. The molecule has 0 saturated carbocycles. The van der Waals surface area contributed by atoms with Crippen LogP contribution in [0.15, 0.2) is 18.2 Å². The van der Waals surface area contributed by atoms with E-state index in [0.29, 0.717) is 41.8 Å².